The molecule has 27 heavy (non-hydrogen) atoms. The van der Waals surface area contributed by atoms with Crippen LogP contribution in [0.4, 0.5) is 21.9 Å². The van der Waals surface area contributed by atoms with Crippen LogP contribution in [0.1, 0.15) is 11.3 Å². The molecule has 3 aromatic rings. The van der Waals surface area contributed by atoms with Gasteiger partial charge in [0.25, 0.3) is 0 Å². The van der Waals surface area contributed by atoms with E-state index in [1.54, 1.807) is 35.9 Å². The van der Waals surface area contributed by atoms with E-state index in [9.17, 15) is 9.59 Å². The first-order valence-corrected chi connectivity index (χ1v) is 9.15. The van der Waals surface area contributed by atoms with Gasteiger partial charge in [0.05, 0.1) is 11.2 Å². The predicted octanol–water partition coefficient (Wildman–Crippen LogP) is 4.75. The molecule has 1 heterocycles. The van der Waals surface area contributed by atoms with Crippen molar-refractivity contribution in [3.63, 3.8) is 0 Å². The number of para-hydroxylation sites is 1. The Morgan fingerprint density at radius 3 is 2.52 bits per heavy atom. The molecule has 0 fully saturated rings. The molecule has 136 valence electrons. The van der Waals surface area contributed by atoms with Gasteiger partial charge in [-0.2, -0.15) is 0 Å². The topological polar surface area (TPSA) is 83.1 Å². The molecule has 6 nitrogen and oxygen atoms in total. The zero-order chi connectivity index (χ0) is 19.1. The zero-order valence-electron chi connectivity index (χ0n) is 14.6. The summed E-state index contributed by atoms with van der Waals surface area (Å²) in [7, 11) is 0. The number of hydrogen-bond acceptors (Lipinski definition) is 4. The van der Waals surface area contributed by atoms with E-state index in [0.717, 1.165) is 11.3 Å². The fourth-order valence-corrected chi connectivity index (χ4v) is 2.81. The van der Waals surface area contributed by atoms with Crippen molar-refractivity contribution < 1.29 is 9.59 Å². The van der Waals surface area contributed by atoms with Crippen LogP contribution in [0.25, 0.3) is 6.08 Å². The standard InChI is InChI=1S/C20H18N4O2S/c1-14-7-8-16(23-20(26)22-15-5-3-2-4-6-15)11-18(14)24-19(25)10-9-17-12-27-13-21-17/h2-13H,1H3,(H,24,25)(H2,22,23,26)/b10-9+. The summed E-state index contributed by atoms with van der Waals surface area (Å²) in [4.78, 5) is 28.3. The maximum atomic E-state index is 12.1. The number of urea groups is 1. The van der Waals surface area contributed by atoms with Crippen molar-refractivity contribution in [2.24, 2.45) is 0 Å². The molecule has 0 unspecified atom stereocenters. The van der Waals surface area contributed by atoms with E-state index in [1.807, 2.05) is 36.6 Å². The van der Waals surface area contributed by atoms with Crippen LogP contribution >= 0.6 is 11.3 Å². The van der Waals surface area contributed by atoms with E-state index >= 15 is 0 Å². The molecule has 0 radical (unpaired) electrons. The Bertz CT molecular complexity index is 953. The highest BCUT2D eigenvalue weighted by molar-refractivity contribution is 7.07. The van der Waals surface area contributed by atoms with Gasteiger partial charge in [-0.1, -0.05) is 24.3 Å². The molecule has 0 saturated carbocycles. The summed E-state index contributed by atoms with van der Waals surface area (Å²) in [5.74, 6) is -0.267. The van der Waals surface area contributed by atoms with Crippen molar-refractivity contribution in [3.05, 3.63) is 76.8 Å². The van der Waals surface area contributed by atoms with E-state index in [0.29, 0.717) is 17.1 Å². The van der Waals surface area contributed by atoms with Gasteiger partial charge in [0.1, 0.15) is 0 Å². The molecule has 2 aromatic carbocycles. The number of rotatable bonds is 5. The lowest BCUT2D eigenvalue weighted by Crippen LogP contribution is -2.19. The number of hydrogen-bond donors (Lipinski definition) is 3. The summed E-state index contributed by atoms with van der Waals surface area (Å²) >= 11 is 1.47. The van der Waals surface area contributed by atoms with Crippen LogP contribution < -0.4 is 16.0 Å². The third-order valence-corrected chi connectivity index (χ3v) is 4.25. The predicted molar refractivity (Wildman–Crippen MR) is 110 cm³/mol. The summed E-state index contributed by atoms with van der Waals surface area (Å²) < 4.78 is 0. The average Bonchev–Trinajstić information content (AvgIpc) is 3.17. The van der Waals surface area contributed by atoms with Crippen LogP contribution in [0, 0.1) is 6.92 Å². The van der Waals surface area contributed by atoms with E-state index in [2.05, 4.69) is 20.9 Å². The Hall–Kier alpha value is -3.45. The highest BCUT2D eigenvalue weighted by Crippen LogP contribution is 2.21. The van der Waals surface area contributed by atoms with E-state index in [4.69, 9.17) is 0 Å². The van der Waals surface area contributed by atoms with Gasteiger partial charge in [0.2, 0.25) is 5.91 Å². The summed E-state index contributed by atoms with van der Waals surface area (Å²) in [5, 5.41) is 10.2. The van der Waals surface area contributed by atoms with E-state index in [1.165, 1.54) is 17.4 Å². The molecule has 0 aliphatic rings. The minimum atomic E-state index is -0.356. The molecule has 0 spiro atoms. The first-order chi connectivity index (χ1) is 13.1. The number of carbonyl (C=O) groups is 2. The second-order valence-corrected chi connectivity index (χ2v) is 6.43. The van der Waals surface area contributed by atoms with Crippen molar-refractivity contribution in [3.8, 4) is 0 Å². The number of nitrogens with zero attached hydrogens (tertiary/aromatic N) is 1. The Kier molecular flexibility index (Phi) is 5.96. The molecule has 0 atom stereocenters. The summed E-state index contributed by atoms with van der Waals surface area (Å²) in [6.07, 6.45) is 3.08. The number of carbonyl (C=O) groups excluding carboxylic acids is 2. The van der Waals surface area contributed by atoms with Gasteiger partial charge in [0.15, 0.2) is 0 Å². The molecule has 7 heteroatoms. The average molecular weight is 378 g/mol. The third-order valence-electron chi connectivity index (χ3n) is 3.64. The Morgan fingerprint density at radius 1 is 1.00 bits per heavy atom. The van der Waals surface area contributed by atoms with Crippen molar-refractivity contribution >= 4 is 46.4 Å². The highest BCUT2D eigenvalue weighted by atomic mass is 32.1. The summed E-state index contributed by atoms with van der Waals surface area (Å²) in [6.45, 7) is 1.88. The first kappa shape index (κ1) is 18.3. The smallest absolute Gasteiger partial charge is 0.322 e. The number of aryl methyl sites for hydroxylation is 1. The quantitative estimate of drug-likeness (QED) is 0.560. The minimum Gasteiger partial charge on any atom is -0.322 e. The molecule has 0 saturated heterocycles. The SMILES string of the molecule is Cc1ccc(NC(=O)Nc2ccccc2)cc1NC(=O)/C=C/c1cscn1. The highest BCUT2D eigenvalue weighted by Gasteiger charge is 2.07. The minimum absolute atomic E-state index is 0.267. The molecular weight excluding hydrogens is 360 g/mol. The van der Waals surface area contributed by atoms with Crippen LogP contribution in [-0.4, -0.2) is 16.9 Å². The van der Waals surface area contributed by atoms with Gasteiger partial charge in [-0.25, -0.2) is 9.78 Å². The van der Waals surface area contributed by atoms with Crippen LogP contribution in [0.5, 0.6) is 0 Å². The number of thiazole rings is 1. The molecule has 3 N–H and O–H groups in total. The normalized spacial score (nSPS) is 10.6. The molecule has 0 aliphatic heterocycles. The molecule has 1 aromatic heterocycles. The Morgan fingerprint density at radius 2 is 1.78 bits per heavy atom. The van der Waals surface area contributed by atoms with Crippen molar-refractivity contribution in [2.45, 2.75) is 6.92 Å². The number of anilines is 3. The van der Waals surface area contributed by atoms with Crippen molar-refractivity contribution in [1.82, 2.24) is 4.98 Å². The van der Waals surface area contributed by atoms with Gasteiger partial charge in [-0.3, -0.25) is 4.79 Å². The maximum absolute atomic E-state index is 12.1. The fraction of sp³-hybridized carbons (Fsp3) is 0.0500. The molecule has 0 aliphatic carbocycles. The van der Waals surface area contributed by atoms with Gasteiger partial charge >= 0.3 is 6.03 Å². The molecule has 3 rings (SSSR count). The molecule has 0 bridgehead atoms. The fourth-order valence-electron chi connectivity index (χ4n) is 2.29. The second kappa shape index (κ2) is 8.77. The number of aromatic nitrogens is 1. The molecule has 3 amide bonds. The van der Waals surface area contributed by atoms with Crippen molar-refractivity contribution in [1.29, 1.82) is 0 Å². The number of nitrogens with one attached hydrogen (secondary N) is 3. The number of benzene rings is 2. The monoisotopic (exact) mass is 378 g/mol. The van der Waals surface area contributed by atoms with Gasteiger partial charge in [-0.15, -0.1) is 11.3 Å². The largest absolute Gasteiger partial charge is 0.323 e. The lowest BCUT2D eigenvalue weighted by atomic mass is 10.1. The number of amides is 3. The Balaban J connectivity index is 1.63. The summed E-state index contributed by atoms with van der Waals surface area (Å²) in [6, 6.07) is 14.1. The van der Waals surface area contributed by atoms with E-state index < -0.39 is 0 Å². The third kappa shape index (κ3) is 5.52. The van der Waals surface area contributed by atoms with E-state index in [-0.39, 0.29) is 11.9 Å². The maximum Gasteiger partial charge on any atom is 0.323 e. The first-order valence-electron chi connectivity index (χ1n) is 8.21. The lowest BCUT2D eigenvalue weighted by Gasteiger charge is -2.11. The summed E-state index contributed by atoms with van der Waals surface area (Å²) in [5.41, 5.74) is 5.23. The van der Waals surface area contributed by atoms with Crippen molar-refractivity contribution in [2.75, 3.05) is 16.0 Å². The van der Waals surface area contributed by atoms with Crippen LogP contribution in [0.2, 0.25) is 0 Å². The molecular formula is C20H18N4O2S. The van der Waals surface area contributed by atoms with Crippen LogP contribution in [0.3, 0.4) is 0 Å². The van der Waals surface area contributed by atoms with Crippen LogP contribution in [-0.2, 0) is 4.79 Å². The van der Waals surface area contributed by atoms with Gasteiger partial charge in [-0.05, 0) is 42.8 Å². The second-order valence-electron chi connectivity index (χ2n) is 5.71. The lowest BCUT2D eigenvalue weighted by molar-refractivity contribution is -0.111. The Labute approximate surface area is 161 Å². The van der Waals surface area contributed by atoms with Gasteiger partial charge < -0.3 is 16.0 Å². The van der Waals surface area contributed by atoms with Gasteiger partial charge in [0, 0.05) is 28.5 Å². The van der Waals surface area contributed by atoms with Crippen LogP contribution in [0.15, 0.2) is 65.5 Å². The zero-order valence-corrected chi connectivity index (χ0v) is 15.4.